The van der Waals surface area contributed by atoms with Gasteiger partial charge in [0.2, 0.25) is 0 Å². The van der Waals surface area contributed by atoms with E-state index in [0.717, 1.165) is 34.5 Å². The number of rotatable bonds is 5. The van der Waals surface area contributed by atoms with E-state index in [4.69, 9.17) is 4.42 Å². The van der Waals surface area contributed by atoms with E-state index in [-0.39, 0.29) is 17.9 Å². The molecule has 0 unspecified atom stereocenters. The molecule has 1 aliphatic carbocycles. The molecular formula is C26H25N3O3S. The zero-order valence-electron chi connectivity index (χ0n) is 18.6. The quantitative estimate of drug-likeness (QED) is 0.470. The molecule has 3 atom stereocenters. The molecule has 33 heavy (non-hydrogen) atoms. The highest BCUT2D eigenvalue weighted by Gasteiger charge is 2.54. The number of carbonyl (C=O) groups is 2. The number of nitrogens with one attached hydrogen (secondary N) is 1. The molecule has 4 aromatic rings. The predicted octanol–water partition coefficient (Wildman–Crippen LogP) is 4.70. The average molecular weight is 460 g/mol. The van der Waals surface area contributed by atoms with Crippen molar-refractivity contribution in [3.05, 3.63) is 70.9 Å². The van der Waals surface area contributed by atoms with Crippen molar-refractivity contribution in [3.63, 3.8) is 0 Å². The summed E-state index contributed by atoms with van der Waals surface area (Å²) in [4.78, 5) is 29.5. The van der Waals surface area contributed by atoms with Crippen LogP contribution in [-0.2, 0) is 7.05 Å². The molecule has 1 saturated carbocycles. The number of likely N-dealkylation sites (tertiary alicyclic amines) is 1. The van der Waals surface area contributed by atoms with Gasteiger partial charge in [-0.1, -0.05) is 29.8 Å². The number of amides is 2. The van der Waals surface area contributed by atoms with Crippen LogP contribution in [-0.4, -0.2) is 40.4 Å². The van der Waals surface area contributed by atoms with Gasteiger partial charge in [0.15, 0.2) is 5.58 Å². The number of carbonyl (C=O) groups excluding carboxylic acids is 2. The van der Waals surface area contributed by atoms with Crippen LogP contribution in [0.3, 0.4) is 0 Å². The van der Waals surface area contributed by atoms with E-state index in [1.807, 2.05) is 40.1 Å². The third kappa shape index (κ3) is 3.38. The van der Waals surface area contributed by atoms with E-state index in [1.54, 1.807) is 23.7 Å². The first-order valence-corrected chi connectivity index (χ1v) is 12.2. The molecule has 6 nitrogen and oxygen atoms in total. The molecule has 4 heterocycles. The third-order valence-corrected chi connectivity index (χ3v) is 8.07. The zero-order chi connectivity index (χ0) is 22.7. The average Bonchev–Trinajstić information content (AvgIpc) is 3.23. The molecule has 2 amide bonds. The normalized spacial score (nSPS) is 21.4. The molecule has 0 radical (unpaired) electrons. The van der Waals surface area contributed by atoms with Gasteiger partial charge in [0.1, 0.15) is 5.69 Å². The lowest BCUT2D eigenvalue weighted by Gasteiger charge is -2.28. The van der Waals surface area contributed by atoms with Crippen LogP contribution in [0, 0.1) is 18.8 Å². The second-order valence-corrected chi connectivity index (χ2v) is 10.1. The van der Waals surface area contributed by atoms with Crippen LogP contribution < -0.4 is 5.32 Å². The molecule has 6 rings (SSSR count). The summed E-state index contributed by atoms with van der Waals surface area (Å²) in [6.07, 6.45) is 2.76. The molecule has 3 aromatic heterocycles. The van der Waals surface area contributed by atoms with Crippen molar-refractivity contribution in [2.24, 2.45) is 18.9 Å². The van der Waals surface area contributed by atoms with Crippen LogP contribution in [0.4, 0.5) is 0 Å². The Labute approximate surface area is 195 Å². The number of aromatic nitrogens is 1. The van der Waals surface area contributed by atoms with Crippen molar-refractivity contribution in [1.82, 2.24) is 14.8 Å². The summed E-state index contributed by atoms with van der Waals surface area (Å²) in [5, 5.41) is 5.07. The molecule has 1 aliphatic heterocycles. The van der Waals surface area contributed by atoms with E-state index < -0.39 is 0 Å². The maximum atomic E-state index is 13.6. The number of fused-ring (bicyclic) bond motifs is 2. The summed E-state index contributed by atoms with van der Waals surface area (Å²) in [5.74, 6) is 0.946. The minimum atomic E-state index is -0.142. The summed E-state index contributed by atoms with van der Waals surface area (Å²) in [6.45, 7) is 3.29. The van der Waals surface area contributed by atoms with Gasteiger partial charge in [0.05, 0.1) is 23.4 Å². The number of benzene rings is 1. The van der Waals surface area contributed by atoms with Crippen molar-refractivity contribution < 1.29 is 14.0 Å². The summed E-state index contributed by atoms with van der Waals surface area (Å²) < 4.78 is 7.26. The maximum absolute atomic E-state index is 13.6. The number of thiophene rings is 1. The van der Waals surface area contributed by atoms with Gasteiger partial charge in [-0.2, -0.15) is 0 Å². The molecule has 0 spiro atoms. The Bertz CT molecular complexity index is 1380. The molecule has 7 heteroatoms. The molecule has 1 aromatic carbocycles. The van der Waals surface area contributed by atoms with Crippen LogP contribution in [0.15, 0.2) is 58.5 Å². The number of hydrogen-bond donors (Lipinski definition) is 1. The van der Waals surface area contributed by atoms with Gasteiger partial charge in [-0.25, -0.2) is 0 Å². The molecule has 2 aliphatic rings. The van der Waals surface area contributed by atoms with Gasteiger partial charge in [-0.15, -0.1) is 11.3 Å². The summed E-state index contributed by atoms with van der Waals surface area (Å²) in [7, 11) is 1.86. The van der Waals surface area contributed by atoms with Crippen LogP contribution in [0.1, 0.15) is 32.8 Å². The van der Waals surface area contributed by atoms with E-state index in [1.165, 1.54) is 5.56 Å². The Morgan fingerprint density at radius 2 is 2.09 bits per heavy atom. The lowest BCUT2D eigenvalue weighted by Crippen LogP contribution is -2.45. The monoisotopic (exact) mass is 459 g/mol. The fraction of sp³-hybridized carbons (Fsp3) is 0.308. The van der Waals surface area contributed by atoms with Gasteiger partial charge < -0.3 is 19.2 Å². The van der Waals surface area contributed by atoms with Crippen molar-refractivity contribution in [3.8, 4) is 10.4 Å². The van der Waals surface area contributed by atoms with Crippen molar-refractivity contribution in [1.29, 1.82) is 0 Å². The van der Waals surface area contributed by atoms with E-state index >= 15 is 0 Å². The number of furan rings is 1. The maximum Gasteiger partial charge on any atom is 0.268 e. The fourth-order valence-electron chi connectivity index (χ4n) is 5.26. The minimum absolute atomic E-state index is 0.0278. The lowest BCUT2D eigenvalue weighted by molar-refractivity contribution is 0.0695. The Kier molecular flexibility index (Phi) is 4.69. The van der Waals surface area contributed by atoms with E-state index in [0.29, 0.717) is 29.7 Å². The van der Waals surface area contributed by atoms with E-state index in [9.17, 15) is 9.59 Å². The Morgan fingerprint density at radius 1 is 1.21 bits per heavy atom. The van der Waals surface area contributed by atoms with Gasteiger partial charge in [0.25, 0.3) is 11.8 Å². The van der Waals surface area contributed by atoms with Crippen LogP contribution in [0.2, 0.25) is 0 Å². The highest BCUT2D eigenvalue weighted by molar-refractivity contribution is 7.14. The van der Waals surface area contributed by atoms with Crippen molar-refractivity contribution in [2.75, 3.05) is 13.1 Å². The summed E-state index contributed by atoms with van der Waals surface area (Å²) >= 11 is 1.60. The molecular weight excluding hydrogens is 434 g/mol. The summed E-state index contributed by atoms with van der Waals surface area (Å²) in [6, 6.07) is 13.9. The first kappa shape index (κ1) is 20.3. The fourth-order valence-corrected chi connectivity index (χ4v) is 6.15. The first-order chi connectivity index (χ1) is 16.0. The number of aryl methyl sites for hydroxylation is 2. The van der Waals surface area contributed by atoms with E-state index in [2.05, 4.69) is 30.4 Å². The zero-order valence-corrected chi connectivity index (χ0v) is 19.4. The highest BCUT2D eigenvalue weighted by atomic mass is 32.1. The largest absolute Gasteiger partial charge is 0.463 e. The Balaban J connectivity index is 1.21. The molecule has 2 fully saturated rings. The number of piperidine rings is 1. The standard InChI is InChI=1S/C26H25N3O3S/c1-15-4-3-5-16(10-15)24-18(7-9-33-24)26(31)29-14-17-11-19(17)22(29)13-27-25(30)21-12-23-20(28(21)2)6-8-32-23/h3-10,12,17,19,22H,11,13-14H2,1-2H3,(H,27,30)/t17-,19-,22+/m0/s1. The molecule has 1 saturated heterocycles. The molecule has 0 bridgehead atoms. The van der Waals surface area contributed by atoms with Gasteiger partial charge in [-0.05, 0) is 42.2 Å². The Morgan fingerprint density at radius 3 is 2.91 bits per heavy atom. The third-order valence-electron chi connectivity index (χ3n) is 7.11. The van der Waals surface area contributed by atoms with Gasteiger partial charge in [0, 0.05) is 37.1 Å². The minimum Gasteiger partial charge on any atom is -0.463 e. The van der Waals surface area contributed by atoms with Crippen LogP contribution >= 0.6 is 11.3 Å². The second-order valence-electron chi connectivity index (χ2n) is 9.19. The molecule has 1 N–H and O–H groups in total. The first-order valence-electron chi connectivity index (χ1n) is 11.3. The summed E-state index contributed by atoms with van der Waals surface area (Å²) in [5.41, 5.74) is 5.16. The van der Waals surface area contributed by atoms with Crippen LogP contribution in [0.5, 0.6) is 0 Å². The predicted molar refractivity (Wildman–Crippen MR) is 128 cm³/mol. The Hall–Kier alpha value is -3.32. The topological polar surface area (TPSA) is 67.5 Å². The second kappa shape index (κ2) is 7.63. The molecule has 168 valence electrons. The number of hydrogen-bond acceptors (Lipinski definition) is 4. The SMILES string of the molecule is Cc1cccc(-c2sccc2C(=O)N2C[C@@H]3C[C@@H]3[C@H]2CNC(=O)c2cc3occc3n2C)c1. The van der Waals surface area contributed by atoms with Crippen LogP contribution in [0.25, 0.3) is 21.5 Å². The van der Waals surface area contributed by atoms with Gasteiger partial charge in [-0.3, -0.25) is 9.59 Å². The number of nitrogens with zero attached hydrogens (tertiary/aromatic N) is 2. The van der Waals surface area contributed by atoms with Gasteiger partial charge >= 0.3 is 0 Å². The lowest BCUT2D eigenvalue weighted by atomic mass is 10.1. The highest BCUT2D eigenvalue weighted by Crippen LogP contribution is 2.50. The van der Waals surface area contributed by atoms with Crippen molar-refractivity contribution in [2.45, 2.75) is 19.4 Å². The smallest absolute Gasteiger partial charge is 0.268 e. The van der Waals surface area contributed by atoms with Crippen molar-refractivity contribution >= 4 is 34.3 Å².